The summed E-state index contributed by atoms with van der Waals surface area (Å²) in [5, 5.41) is 0. The highest BCUT2D eigenvalue weighted by molar-refractivity contribution is 5.84. The standard InChI is InChI=1S/C23H29NO2/c1-2-16-26-23-11-7-6-10-21(23)17-22(25)20-12-14-24(15-13-20)18-19-8-4-3-5-9-19/h3-11,20H,2,12-18H2,1H3. The molecular weight excluding hydrogens is 322 g/mol. The average Bonchev–Trinajstić information content (AvgIpc) is 2.68. The summed E-state index contributed by atoms with van der Waals surface area (Å²) in [6.45, 7) is 5.77. The van der Waals surface area contributed by atoms with Gasteiger partial charge in [0.15, 0.2) is 0 Å². The van der Waals surface area contributed by atoms with E-state index in [1.807, 2.05) is 24.3 Å². The van der Waals surface area contributed by atoms with Crippen molar-refractivity contribution in [1.82, 2.24) is 4.90 Å². The first-order chi connectivity index (χ1) is 12.8. The number of hydrogen-bond acceptors (Lipinski definition) is 3. The number of Topliss-reactive ketones (excluding diaryl/α,β-unsaturated/α-hetero) is 1. The molecule has 1 heterocycles. The van der Waals surface area contributed by atoms with Gasteiger partial charge in [-0.05, 0) is 44.0 Å². The van der Waals surface area contributed by atoms with Crippen molar-refractivity contribution in [3.8, 4) is 5.75 Å². The lowest BCUT2D eigenvalue weighted by Gasteiger charge is -2.31. The van der Waals surface area contributed by atoms with Gasteiger partial charge >= 0.3 is 0 Å². The van der Waals surface area contributed by atoms with Gasteiger partial charge in [-0.25, -0.2) is 0 Å². The third-order valence-corrected chi connectivity index (χ3v) is 5.09. The van der Waals surface area contributed by atoms with Crippen LogP contribution in [0.1, 0.15) is 37.3 Å². The molecule has 0 unspecified atom stereocenters. The molecule has 0 spiro atoms. The zero-order valence-corrected chi connectivity index (χ0v) is 15.7. The zero-order valence-electron chi connectivity index (χ0n) is 15.7. The van der Waals surface area contributed by atoms with E-state index in [1.54, 1.807) is 0 Å². The Morgan fingerprint density at radius 1 is 1.04 bits per heavy atom. The number of likely N-dealkylation sites (tertiary alicyclic amines) is 1. The number of nitrogens with zero attached hydrogens (tertiary/aromatic N) is 1. The molecule has 0 aromatic heterocycles. The minimum absolute atomic E-state index is 0.182. The fourth-order valence-corrected chi connectivity index (χ4v) is 3.59. The number of benzene rings is 2. The second kappa shape index (κ2) is 9.54. The zero-order chi connectivity index (χ0) is 18.2. The van der Waals surface area contributed by atoms with Crippen LogP contribution in [0.2, 0.25) is 0 Å². The van der Waals surface area contributed by atoms with Gasteiger partial charge in [0.25, 0.3) is 0 Å². The van der Waals surface area contributed by atoms with Crippen LogP contribution in [0.15, 0.2) is 54.6 Å². The maximum Gasteiger partial charge on any atom is 0.140 e. The second-order valence-electron chi connectivity index (χ2n) is 7.14. The fraction of sp³-hybridized carbons (Fsp3) is 0.435. The van der Waals surface area contributed by atoms with E-state index in [4.69, 9.17) is 4.74 Å². The Balaban J connectivity index is 1.51. The number of rotatable bonds is 8. The molecule has 0 saturated carbocycles. The molecule has 0 bridgehead atoms. The third-order valence-electron chi connectivity index (χ3n) is 5.09. The molecule has 3 nitrogen and oxygen atoms in total. The van der Waals surface area contributed by atoms with Crippen LogP contribution in [-0.4, -0.2) is 30.4 Å². The molecule has 0 aliphatic carbocycles. The van der Waals surface area contributed by atoms with Crippen molar-refractivity contribution in [2.75, 3.05) is 19.7 Å². The predicted molar refractivity (Wildman–Crippen MR) is 105 cm³/mol. The predicted octanol–water partition coefficient (Wildman–Crippen LogP) is 4.50. The highest BCUT2D eigenvalue weighted by atomic mass is 16.5. The Bertz CT molecular complexity index is 690. The maximum atomic E-state index is 12.8. The normalized spacial score (nSPS) is 15.7. The largest absolute Gasteiger partial charge is 0.493 e. The smallest absolute Gasteiger partial charge is 0.140 e. The van der Waals surface area contributed by atoms with Gasteiger partial charge in [0, 0.05) is 24.4 Å². The Labute approximate surface area is 157 Å². The van der Waals surface area contributed by atoms with Gasteiger partial charge in [0.1, 0.15) is 11.5 Å². The summed E-state index contributed by atoms with van der Waals surface area (Å²) < 4.78 is 5.80. The van der Waals surface area contributed by atoms with Crippen molar-refractivity contribution < 1.29 is 9.53 Å². The second-order valence-corrected chi connectivity index (χ2v) is 7.14. The Hall–Kier alpha value is -2.13. The van der Waals surface area contributed by atoms with Crippen LogP contribution in [0, 0.1) is 5.92 Å². The highest BCUT2D eigenvalue weighted by Crippen LogP contribution is 2.24. The number of carbonyl (C=O) groups is 1. The SMILES string of the molecule is CCCOc1ccccc1CC(=O)C1CCN(Cc2ccccc2)CC1. The van der Waals surface area contributed by atoms with Crippen LogP contribution >= 0.6 is 0 Å². The average molecular weight is 351 g/mol. The van der Waals surface area contributed by atoms with Gasteiger partial charge in [0.05, 0.1) is 6.61 Å². The number of ketones is 1. The minimum atomic E-state index is 0.182. The van der Waals surface area contributed by atoms with Crippen molar-refractivity contribution in [2.45, 2.75) is 39.2 Å². The van der Waals surface area contributed by atoms with Crippen molar-refractivity contribution in [3.63, 3.8) is 0 Å². The molecule has 138 valence electrons. The molecule has 3 heteroatoms. The van der Waals surface area contributed by atoms with E-state index < -0.39 is 0 Å². The lowest BCUT2D eigenvalue weighted by atomic mass is 9.89. The number of carbonyl (C=O) groups excluding carboxylic acids is 1. The van der Waals surface area contributed by atoms with Crippen molar-refractivity contribution in [3.05, 3.63) is 65.7 Å². The summed E-state index contributed by atoms with van der Waals surface area (Å²) in [6, 6.07) is 18.5. The first-order valence-electron chi connectivity index (χ1n) is 9.76. The summed E-state index contributed by atoms with van der Waals surface area (Å²) in [5.74, 6) is 1.40. The van der Waals surface area contributed by atoms with Crippen LogP contribution in [0.5, 0.6) is 5.75 Å². The molecule has 1 fully saturated rings. The monoisotopic (exact) mass is 351 g/mol. The van der Waals surface area contributed by atoms with Crippen LogP contribution in [0.4, 0.5) is 0 Å². The minimum Gasteiger partial charge on any atom is -0.493 e. The first-order valence-corrected chi connectivity index (χ1v) is 9.76. The quantitative estimate of drug-likeness (QED) is 0.701. The molecule has 1 aliphatic rings. The molecule has 26 heavy (non-hydrogen) atoms. The van der Waals surface area contributed by atoms with Gasteiger partial charge in [-0.2, -0.15) is 0 Å². The number of para-hydroxylation sites is 1. The summed E-state index contributed by atoms with van der Waals surface area (Å²) in [7, 11) is 0. The molecule has 0 atom stereocenters. The highest BCUT2D eigenvalue weighted by Gasteiger charge is 2.25. The molecule has 0 radical (unpaired) electrons. The molecule has 1 saturated heterocycles. The van der Waals surface area contributed by atoms with Gasteiger partial charge in [-0.15, -0.1) is 0 Å². The lowest BCUT2D eigenvalue weighted by Crippen LogP contribution is -2.36. The van der Waals surface area contributed by atoms with E-state index in [0.29, 0.717) is 18.8 Å². The van der Waals surface area contributed by atoms with Crippen LogP contribution in [-0.2, 0) is 17.8 Å². The number of piperidine rings is 1. The molecule has 2 aromatic rings. The molecule has 1 aliphatic heterocycles. The van der Waals surface area contributed by atoms with E-state index in [9.17, 15) is 4.79 Å². The molecule has 3 rings (SSSR count). The molecular formula is C23H29NO2. The third kappa shape index (κ3) is 5.18. The van der Waals surface area contributed by atoms with Crippen LogP contribution in [0.3, 0.4) is 0 Å². The molecule has 0 amide bonds. The Morgan fingerprint density at radius 3 is 2.46 bits per heavy atom. The molecule has 0 N–H and O–H groups in total. The van der Waals surface area contributed by atoms with E-state index in [0.717, 1.165) is 50.2 Å². The van der Waals surface area contributed by atoms with Crippen molar-refractivity contribution >= 4 is 5.78 Å². The van der Waals surface area contributed by atoms with Gasteiger partial charge in [-0.3, -0.25) is 9.69 Å². The Kier molecular flexibility index (Phi) is 6.84. The summed E-state index contributed by atoms with van der Waals surface area (Å²) >= 11 is 0. The van der Waals surface area contributed by atoms with Crippen molar-refractivity contribution in [1.29, 1.82) is 0 Å². The fourth-order valence-electron chi connectivity index (χ4n) is 3.59. The number of ether oxygens (including phenoxy) is 1. The van der Waals surface area contributed by atoms with Gasteiger partial charge in [-0.1, -0.05) is 55.5 Å². The lowest BCUT2D eigenvalue weighted by molar-refractivity contribution is -0.123. The van der Waals surface area contributed by atoms with Gasteiger partial charge in [0.2, 0.25) is 0 Å². The van der Waals surface area contributed by atoms with Crippen molar-refractivity contribution in [2.24, 2.45) is 5.92 Å². The van der Waals surface area contributed by atoms with Crippen LogP contribution < -0.4 is 4.74 Å². The topological polar surface area (TPSA) is 29.5 Å². The van der Waals surface area contributed by atoms with E-state index >= 15 is 0 Å². The Morgan fingerprint density at radius 2 is 1.73 bits per heavy atom. The summed E-state index contributed by atoms with van der Waals surface area (Å²) in [4.78, 5) is 15.2. The first kappa shape index (κ1) is 18.7. The summed E-state index contributed by atoms with van der Waals surface area (Å²) in [6.07, 6.45) is 3.39. The van der Waals surface area contributed by atoms with Crippen LogP contribution in [0.25, 0.3) is 0 Å². The molecule has 2 aromatic carbocycles. The van der Waals surface area contributed by atoms with Gasteiger partial charge < -0.3 is 4.74 Å². The van der Waals surface area contributed by atoms with E-state index in [-0.39, 0.29) is 5.92 Å². The maximum absolute atomic E-state index is 12.8. The summed E-state index contributed by atoms with van der Waals surface area (Å²) in [5.41, 5.74) is 2.37. The van der Waals surface area contributed by atoms with E-state index in [2.05, 4.69) is 42.2 Å². The van der Waals surface area contributed by atoms with E-state index in [1.165, 1.54) is 5.56 Å². The number of hydrogen-bond donors (Lipinski definition) is 0.